The molecule has 0 aliphatic heterocycles. The van der Waals surface area contributed by atoms with Gasteiger partial charge in [-0.15, -0.1) is 0 Å². The number of fused-ring (bicyclic) bond motifs is 1. The quantitative estimate of drug-likeness (QED) is 0.650. The molecule has 5 nitrogen and oxygen atoms in total. The number of aromatic amines is 1. The number of benzene rings is 1. The molecule has 0 fully saturated rings. The molecule has 1 N–H and O–H groups in total. The molecule has 0 unspecified atom stereocenters. The third-order valence-corrected chi connectivity index (χ3v) is 3.25. The van der Waals surface area contributed by atoms with Gasteiger partial charge in [-0.2, -0.15) is 5.10 Å². The number of esters is 1. The molecule has 0 saturated carbocycles. The van der Waals surface area contributed by atoms with Crippen molar-refractivity contribution in [3.63, 3.8) is 0 Å². The van der Waals surface area contributed by atoms with Crippen LogP contribution in [0, 0.1) is 0 Å². The number of hydrogen-bond acceptors (Lipinski definition) is 4. The fourth-order valence-corrected chi connectivity index (χ4v) is 2.08. The molecular weight excluding hydrogens is 256 g/mol. The molecule has 0 radical (unpaired) electrons. The number of nitrogens with zero attached hydrogens (tertiary/aromatic N) is 1. The van der Waals surface area contributed by atoms with Crippen molar-refractivity contribution >= 4 is 16.9 Å². The standard InChI is InChI=1S/C15H20N2O3/c1-4-6-7-20-14-9-13-10(12(5-2)16-17-13)8-11(14)15(18)19-3/h8-9H,4-7H2,1-3H3,(H,16,17). The monoisotopic (exact) mass is 276 g/mol. The van der Waals surface area contributed by atoms with Gasteiger partial charge in [0.05, 0.1) is 19.2 Å². The first-order chi connectivity index (χ1) is 9.71. The predicted molar refractivity (Wildman–Crippen MR) is 77.2 cm³/mol. The maximum atomic E-state index is 11.9. The number of nitrogens with one attached hydrogen (secondary N) is 1. The van der Waals surface area contributed by atoms with Gasteiger partial charge in [-0.1, -0.05) is 20.3 Å². The molecule has 2 rings (SSSR count). The summed E-state index contributed by atoms with van der Waals surface area (Å²) >= 11 is 0. The van der Waals surface area contributed by atoms with Crippen molar-refractivity contribution in [2.75, 3.05) is 13.7 Å². The third kappa shape index (κ3) is 2.76. The average molecular weight is 276 g/mol. The van der Waals surface area contributed by atoms with Crippen LogP contribution in [0.3, 0.4) is 0 Å². The maximum absolute atomic E-state index is 11.9. The average Bonchev–Trinajstić information content (AvgIpc) is 2.87. The van der Waals surface area contributed by atoms with Crippen LogP contribution in [-0.2, 0) is 11.2 Å². The molecule has 0 spiro atoms. The SMILES string of the molecule is CCCCOc1cc2n[nH]c(CC)c2cc1C(=O)OC. The molecule has 20 heavy (non-hydrogen) atoms. The summed E-state index contributed by atoms with van der Waals surface area (Å²) in [6.07, 6.45) is 2.81. The molecule has 0 amide bonds. The van der Waals surface area contributed by atoms with E-state index in [4.69, 9.17) is 9.47 Å². The van der Waals surface area contributed by atoms with E-state index >= 15 is 0 Å². The van der Waals surface area contributed by atoms with Crippen molar-refractivity contribution in [2.45, 2.75) is 33.1 Å². The van der Waals surface area contributed by atoms with Gasteiger partial charge in [-0.3, -0.25) is 5.10 Å². The van der Waals surface area contributed by atoms with E-state index in [1.165, 1.54) is 7.11 Å². The lowest BCUT2D eigenvalue weighted by Gasteiger charge is -2.10. The summed E-state index contributed by atoms with van der Waals surface area (Å²) in [4.78, 5) is 11.9. The van der Waals surface area contributed by atoms with Crippen LogP contribution < -0.4 is 4.74 Å². The first-order valence-electron chi connectivity index (χ1n) is 6.93. The zero-order valence-corrected chi connectivity index (χ0v) is 12.2. The van der Waals surface area contributed by atoms with Crippen LogP contribution in [0.2, 0.25) is 0 Å². The van der Waals surface area contributed by atoms with Crippen LogP contribution in [-0.4, -0.2) is 29.9 Å². The van der Waals surface area contributed by atoms with E-state index in [0.29, 0.717) is 17.9 Å². The summed E-state index contributed by atoms with van der Waals surface area (Å²) in [5, 5.41) is 8.17. The Morgan fingerprint density at radius 2 is 2.15 bits per heavy atom. The number of H-pyrrole nitrogens is 1. The van der Waals surface area contributed by atoms with E-state index < -0.39 is 0 Å². The van der Waals surface area contributed by atoms with Gasteiger partial charge in [0, 0.05) is 17.1 Å². The van der Waals surface area contributed by atoms with E-state index in [2.05, 4.69) is 17.1 Å². The second-order valence-corrected chi connectivity index (χ2v) is 4.61. The van der Waals surface area contributed by atoms with E-state index in [-0.39, 0.29) is 5.97 Å². The number of aryl methyl sites for hydroxylation is 1. The van der Waals surface area contributed by atoms with Crippen molar-refractivity contribution in [3.05, 3.63) is 23.4 Å². The summed E-state index contributed by atoms with van der Waals surface area (Å²) in [6.45, 7) is 4.71. The number of methoxy groups -OCH3 is 1. The summed E-state index contributed by atoms with van der Waals surface area (Å²) in [6, 6.07) is 3.59. The Morgan fingerprint density at radius 1 is 1.35 bits per heavy atom. The Bertz CT molecular complexity index is 604. The van der Waals surface area contributed by atoms with Crippen molar-refractivity contribution in [3.8, 4) is 5.75 Å². The molecule has 108 valence electrons. The highest BCUT2D eigenvalue weighted by Crippen LogP contribution is 2.28. The smallest absolute Gasteiger partial charge is 0.341 e. The van der Waals surface area contributed by atoms with Crippen LogP contribution in [0.1, 0.15) is 42.7 Å². The lowest BCUT2D eigenvalue weighted by molar-refractivity contribution is 0.0596. The molecule has 1 aromatic heterocycles. The van der Waals surface area contributed by atoms with Crippen molar-refractivity contribution in [1.29, 1.82) is 0 Å². The first-order valence-corrected chi connectivity index (χ1v) is 6.93. The third-order valence-electron chi connectivity index (χ3n) is 3.25. The number of unbranched alkanes of at least 4 members (excludes halogenated alkanes) is 1. The maximum Gasteiger partial charge on any atom is 0.341 e. The van der Waals surface area contributed by atoms with Crippen LogP contribution in [0.25, 0.3) is 10.9 Å². The van der Waals surface area contributed by atoms with Crippen molar-refractivity contribution < 1.29 is 14.3 Å². The number of carbonyl (C=O) groups is 1. The molecule has 1 aromatic carbocycles. The zero-order valence-electron chi connectivity index (χ0n) is 12.2. The zero-order chi connectivity index (χ0) is 14.5. The van der Waals surface area contributed by atoms with Gasteiger partial charge in [0.25, 0.3) is 0 Å². The molecule has 0 aliphatic carbocycles. The lowest BCUT2D eigenvalue weighted by Crippen LogP contribution is -2.06. The fraction of sp³-hybridized carbons (Fsp3) is 0.467. The van der Waals surface area contributed by atoms with Crippen molar-refractivity contribution in [2.24, 2.45) is 0 Å². The van der Waals surface area contributed by atoms with Crippen molar-refractivity contribution in [1.82, 2.24) is 10.2 Å². The highest BCUT2D eigenvalue weighted by Gasteiger charge is 2.17. The molecule has 5 heteroatoms. The van der Waals surface area contributed by atoms with E-state index in [1.807, 2.05) is 6.92 Å². The molecule has 2 aromatic rings. The number of ether oxygens (including phenoxy) is 2. The second kappa shape index (κ2) is 6.41. The number of rotatable bonds is 6. The van der Waals surface area contributed by atoms with Crippen LogP contribution in [0.5, 0.6) is 5.75 Å². The minimum atomic E-state index is -0.387. The Morgan fingerprint density at radius 3 is 2.80 bits per heavy atom. The predicted octanol–water partition coefficient (Wildman–Crippen LogP) is 3.09. The number of hydrogen-bond donors (Lipinski definition) is 1. The Hall–Kier alpha value is -2.04. The molecule has 0 saturated heterocycles. The Balaban J connectivity index is 2.44. The lowest BCUT2D eigenvalue weighted by atomic mass is 10.1. The summed E-state index contributed by atoms with van der Waals surface area (Å²) in [5.74, 6) is 0.147. The van der Waals surface area contributed by atoms with Crippen LogP contribution in [0.15, 0.2) is 12.1 Å². The van der Waals surface area contributed by atoms with E-state index in [0.717, 1.165) is 35.9 Å². The summed E-state index contributed by atoms with van der Waals surface area (Å²) in [5.41, 5.74) is 2.26. The van der Waals surface area contributed by atoms with Gasteiger partial charge in [0.2, 0.25) is 0 Å². The summed E-state index contributed by atoms with van der Waals surface area (Å²) < 4.78 is 10.5. The molecule has 0 bridgehead atoms. The molecular formula is C15H20N2O3. The van der Waals surface area contributed by atoms with Gasteiger partial charge >= 0.3 is 5.97 Å². The topological polar surface area (TPSA) is 64.2 Å². The molecule has 0 atom stereocenters. The first kappa shape index (κ1) is 14.4. The molecule has 1 heterocycles. The van der Waals surface area contributed by atoms with Crippen LogP contribution in [0.4, 0.5) is 0 Å². The Kier molecular flexibility index (Phi) is 4.61. The fourth-order valence-electron chi connectivity index (χ4n) is 2.08. The normalized spacial score (nSPS) is 10.8. The van der Waals surface area contributed by atoms with E-state index in [1.54, 1.807) is 12.1 Å². The summed E-state index contributed by atoms with van der Waals surface area (Å²) in [7, 11) is 1.37. The van der Waals surface area contributed by atoms with E-state index in [9.17, 15) is 4.79 Å². The van der Waals surface area contributed by atoms with Gasteiger partial charge in [-0.25, -0.2) is 4.79 Å². The van der Waals surface area contributed by atoms with Crippen LogP contribution >= 0.6 is 0 Å². The minimum absolute atomic E-state index is 0.387. The second-order valence-electron chi connectivity index (χ2n) is 4.61. The van der Waals surface area contributed by atoms with Gasteiger partial charge in [-0.05, 0) is 18.9 Å². The molecule has 0 aliphatic rings. The Labute approximate surface area is 118 Å². The highest BCUT2D eigenvalue weighted by atomic mass is 16.5. The number of aromatic nitrogens is 2. The largest absolute Gasteiger partial charge is 0.493 e. The van der Waals surface area contributed by atoms with Gasteiger partial charge in [0.1, 0.15) is 11.3 Å². The highest BCUT2D eigenvalue weighted by molar-refractivity contribution is 5.98. The minimum Gasteiger partial charge on any atom is -0.493 e. The van der Waals surface area contributed by atoms with Gasteiger partial charge in [0.15, 0.2) is 0 Å². The van der Waals surface area contributed by atoms with Gasteiger partial charge < -0.3 is 9.47 Å². The number of carbonyl (C=O) groups excluding carboxylic acids is 1.